The fourth-order valence-electron chi connectivity index (χ4n) is 3.67. The standard InChI is InChI=1S/C20H22BrN5O3S/c1-30(27,28)18-7-5-17(6-8-18)26-19(23-24-25-26)14-22-20(9-11-29-12-10-20)15-3-2-4-16(21)13-15/h2-8,13,22H,9-12,14H2,1H3. The second kappa shape index (κ2) is 8.54. The van der Waals surface area contributed by atoms with Gasteiger partial charge in [0.1, 0.15) is 0 Å². The van der Waals surface area contributed by atoms with E-state index >= 15 is 0 Å². The van der Waals surface area contributed by atoms with Crippen molar-refractivity contribution >= 4 is 25.8 Å². The van der Waals surface area contributed by atoms with Crippen LogP contribution in [-0.2, 0) is 26.7 Å². The Hall–Kier alpha value is -2.14. The van der Waals surface area contributed by atoms with Crippen molar-refractivity contribution in [1.82, 2.24) is 25.5 Å². The number of halogens is 1. The molecule has 1 N–H and O–H groups in total. The molecule has 8 nitrogen and oxygen atoms in total. The number of tetrazole rings is 1. The van der Waals surface area contributed by atoms with Gasteiger partial charge in [0.15, 0.2) is 15.7 Å². The molecule has 2 aromatic carbocycles. The Bertz CT molecular complexity index is 1130. The minimum absolute atomic E-state index is 0.237. The van der Waals surface area contributed by atoms with Gasteiger partial charge in [-0.1, -0.05) is 28.1 Å². The van der Waals surface area contributed by atoms with Crippen molar-refractivity contribution in [2.75, 3.05) is 19.5 Å². The lowest BCUT2D eigenvalue weighted by Gasteiger charge is -2.38. The first-order valence-electron chi connectivity index (χ1n) is 9.54. The maximum atomic E-state index is 11.7. The van der Waals surface area contributed by atoms with Crippen LogP contribution in [0.15, 0.2) is 57.9 Å². The van der Waals surface area contributed by atoms with Crippen molar-refractivity contribution < 1.29 is 13.2 Å². The third-order valence-corrected chi connectivity index (χ3v) is 6.97. The van der Waals surface area contributed by atoms with Crippen LogP contribution in [0.4, 0.5) is 0 Å². The Kier molecular flexibility index (Phi) is 6.01. The first-order valence-corrected chi connectivity index (χ1v) is 12.2. The molecule has 10 heteroatoms. The molecule has 4 rings (SSSR count). The van der Waals surface area contributed by atoms with E-state index in [1.54, 1.807) is 28.9 Å². The number of sulfone groups is 1. The zero-order chi connectivity index (χ0) is 21.2. The largest absolute Gasteiger partial charge is 0.381 e. The summed E-state index contributed by atoms with van der Waals surface area (Å²) in [6.07, 6.45) is 2.87. The lowest BCUT2D eigenvalue weighted by atomic mass is 9.82. The highest BCUT2D eigenvalue weighted by Crippen LogP contribution is 2.33. The van der Waals surface area contributed by atoms with Gasteiger partial charge in [-0.15, -0.1) is 5.10 Å². The summed E-state index contributed by atoms with van der Waals surface area (Å²) in [5.74, 6) is 0.642. The van der Waals surface area contributed by atoms with E-state index in [4.69, 9.17) is 4.74 Å². The molecule has 0 unspecified atom stereocenters. The van der Waals surface area contributed by atoms with Gasteiger partial charge in [0.25, 0.3) is 0 Å². The fraction of sp³-hybridized carbons (Fsp3) is 0.350. The van der Waals surface area contributed by atoms with E-state index in [9.17, 15) is 8.42 Å². The zero-order valence-electron chi connectivity index (χ0n) is 16.5. The van der Waals surface area contributed by atoms with E-state index in [-0.39, 0.29) is 10.4 Å². The molecule has 1 fully saturated rings. The predicted molar refractivity (Wildman–Crippen MR) is 115 cm³/mol. The second-order valence-electron chi connectivity index (χ2n) is 7.33. The average molecular weight is 492 g/mol. The zero-order valence-corrected chi connectivity index (χ0v) is 18.9. The molecule has 0 aliphatic carbocycles. The average Bonchev–Trinajstić information content (AvgIpc) is 3.21. The van der Waals surface area contributed by atoms with Gasteiger partial charge in [-0.25, -0.2) is 8.42 Å². The van der Waals surface area contributed by atoms with Gasteiger partial charge in [-0.3, -0.25) is 0 Å². The molecule has 1 saturated heterocycles. The quantitative estimate of drug-likeness (QED) is 0.565. The third-order valence-electron chi connectivity index (χ3n) is 5.35. The highest BCUT2D eigenvalue weighted by Gasteiger charge is 2.34. The Morgan fingerprint density at radius 2 is 1.90 bits per heavy atom. The number of ether oxygens (including phenoxy) is 1. The van der Waals surface area contributed by atoms with Crippen LogP contribution in [0.2, 0.25) is 0 Å². The van der Waals surface area contributed by atoms with Gasteiger partial charge in [-0.2, -0.15) is 4.68 Å². The Morgan fingerprint density at radius 3 is 2.57 bits per heavy atom. The van der Waals surface area contributed by atoms with E-state index in [1.807, 2.05) is 12.1 Å². The molecule has 1 aliphatic heterocycles. The van der Waals surface area contributed by atoms with Gasteiger partial charge < -0.3 is 10.1 Å². The molecule has 0 bridgehead atoms. The monoisotopic (exact) mass is 491 g/mol. The van der Waals surface area contributed by atoms with Crippen LogP contribution in [0.3, 0.4) is 0 Å². The van der Waals surface area contributed by atoms with E-state index < -0.39 is 9.84 Å². The molecular formula is C20H22BrN5O3S. The minimum atomic E-state index is -3.25. The molecule has 158 valence electrons. The number of hydrogen-bond donors (Lipinski definition) is 1. The van der Waals surface area contributed by atoms with Crippen LogP contribution in [0.5, 0.6) is 0 Å². The van der Waals surface area contributed by atoms with Crippen molar-refractivity contribution in [1.29, 1.82) is 0 Å². The van der Waals surface area contributed by atoms with E-state index in [2.05, 4.69) is 48.9 Å². The predicted octanol–water partition coefficient (Wildman–Crippen LogP) is 2.62. The first kappa shape index (κ1) is 21.1. The number of aromatic nitrogens is 4. The molecule has 1 aliphatic rings. The van der Waals surface area contributed by atoms with Crippen LogP contribution >= 0.6 is 15.9 Å². The first-order chi connectivity index (χ1) is 14.4. The molecule has 30 heavy (non-hydrogen) atoms. The summed E-state index contributed by atoms with van der Waals surface area (Å²) < 4.78 is 31.6. The fourth-order valence-corrected chi connectivity index (χ4v) is 4.70. The Labute approximate surface area is 183 Å². The number of rotatable bonds is 6. The SMILES string of the molecule is CS(=O)(=O)c1ccc(-n2nnnc2CNC2(c3cccc(Br)c3)CCOCC2)cc1. The smallest absolute Gasteiger partial charge is 0.175 e. The van der Waals surface area contributed by atoms with Crippen LogP contribution in [-0.4, -0.2) is 48.1 Å². The summed E-state index contributed by atoms with van der Waals surface area (Å²) in [4.78, 5) is 0.259. The highest BCUT2D eigenvalue weighted by molar-refractivity contribution is 9.10. The van der Waals surface area contributed by atoms with Crippen molar-refractivity contribution in [3.8, 4) is 5.69 Å². The van der Waals surface area contributed by atoms with Gasteiger partial charge in [0, 0.05) is 29.5 Å². The minimum Gasteiger partial charge on any atom is -0.381 e. The lowest BCUT2D eigenvalue weighted by Crippen LogP contribution is -2.46. The molecule has 0 amide bonds. The summed E-state index contributed by atoms with van der Waals surface area (Å²) in [5, 5.41) is 15.7. The molecule has 0 atom stereocenters. The van der Waals surface area contributed by atoms with Gasteiger partial charge in [0.05, 0.1) is 17.1 Å². The van der Waals surface area contributed by atoms with Crippen LogP contribution in [0.25, 0.3) is 5.69 Å². The van der Waals surface area contributed by atoms with Gasteiger partial charge in [0.2, 0.25) is 0 Å². The molecule has 2 heterocycles. The number of benzene rings is 2. The number of nitrogens with zero attached hydrogens (tertiary/aromatic N) is 4. The van der Waals surface area contributed by atoms with E-state index in [0.717, 1.165) is 17.3 Å². The van der Waals surface area contributed by atoms with Crippen molar-refractivity contribution in [2.24, 2.45) is 0 Å². The number of hydrogen-bond acceptors (Lipinski definition) is 7. The molecule has 0 spiro atoms. The maximum absolute atomic E-state index is 11.7. The van der Waals surface area contributed by atoms with Crippen LogP contribution < -0.4 is 5.32 Å². The molecule has 3 aromatic rings. The Morgan fingerprint density at radius 1 is 1.17 bits per heavy atom. The molecule has 1 aromatic heterocycles. The van der Waals surface area contributed by atoms with Gasteiger partial charge >= 0.3 is 0 Å². The van der Waals surface area contributed by atoms with Crippen LogP contribution in [0, 0.1) is 0 Å². The summed E-state index contributed by atoms with van der Waals surface area (Å²) >= 11 is 3.57. The van der Waals surface area contributed by atoms with E-state index in [0.29, 0.717) is 31.3 Å². The maximum Gasteiger partial charge on any atom is 0.175 e. The lowest BCUT2D eigenvalue weighted by molar-refractivity contribution is 0.0354. The summed E-state index contributed by atoms with van der Waals surface area (Å²) in [6, 6.07) is 14.8. The summed E-state index contributed by atoms with van der Waals surface area (Å²) in [5.41, 5.74) is 1.66. The van der Waals surface area contributed by atoms with Crippen molar-refractivity contribution in [3.05, 3.63) is 64.4 Å². The van der Waals surface area contributed by atoms with Crippen LogP contribution in [0.1, 0.15) is 24.2 Å². The van der Waals surface area contributed by atoms with E-state index in [1.165, 1.54) is 11.8 Å². The molecule has 0 saturated carbocycles. The summed E-state index contributed by atoms with van der Waals surface area (Å²) in [7, 11) is -3.25. The second-order valence-corrected chi connectivity index (χ2v) is 10.3. The Balaban J connectivity index is 1.58. The topological polar surface area (TPSA) is 99.0 Å². The van der Waals surface area contributed by atoms with Gasteiger partial charge in [-0.05, 0) is 65.2 Å². The van der Waals surface area contributed by atoms with Crippen molar-refractivity contribution in [2.45, 2.75) is 29.8 Å². The third kappa shape index (κ3) is 4.46. The summed E-state index contributed by atoms with van der Waals surface area (Å²) in [6.45, 7) is 1.81. The molecule has 0 radical (unpaired) electrons. The van der Waals surface area contributed by atoms with Crippen molar-refractivity contribution in [3.63, 3.8) is 0 Å². The number of nitrogens with one attached hydrogen (secondary N) is 1. The highest BCUT2D eigenvalue weighted by atomic mass is 79.9. The normalized spacial score (nSPS) is 16.5. The molecular weight excluding hydrogens is 470 g/mol.